The third-order valence-corrected chi connectivity index (χ3v) is 2.78. The molecule has 82 valence electrons. The Labute approximate surface area is 88.6 Å². The van der Waals surface area contributed by atoms with Crippen molar-refractivity contribution in [2.45, 2.75) is 38.6 Å². The molecule has 0 radical (unpaired) electrons. The van der Waals surface area contributed by atoms with Gasteiger partial charge in [0.25, 0.3) is 0 Å². The number of carbonyl (C=O) groups excluding carboxylic acids is 1. The minimum absolute atomic E-state index is 0.140. The van der Waals surface area contributed by atoms with Crippen molar-refractivity contribution in [2.75, 3.05) is 5.32 Å². The van der Waals surface area contributed by atoms with Gasteiger partial charge in [-0.3, -0.25) is 10.4 Å². The van der Waals surface area contributed by atoms with Crippen LogP contribution >= 0.6 is 0 Å². The highest BCUT2D eigenvalue weighted by molar-refractivity contribution is 5.89. The van der Waals surface area contributed by atoms with Crippen molar-refractivity contribution >= 4 is 11.8 Å². The topological polar surface area (TPSA) is 69.8 Å². The van der Waals surface area contributed by atoms with Crippen molar-refractivity contribution in [1.29, 1.82) is 0 Å². The number of nitrogens with one attached hydrogen (secondary N) is 3. The lowest BCUT2D eigenvalue weighted by atomic mass is 9.93. The molecule has 0 aromatic carbocycles. The van der Waals surface area contributed by atoms with E-state index in [0.29, 0.717) is 11.9 Å². The molecule has 2 rings (SSSR count). The van der Waals surface area contributed by atoms with Gasteiger partial charge in [-0.1, -0.05) is 6.92 Å². The Hall–Kier alpha value is -1.52. The Morgan fingerprint density at radius 1 is 1.67 bits per heavy atom. The monoisotopic (exact) mass is 208 g/mol. The number of urea groups is 1. The van der Waals surface area contributed by atoms with Gasteiger partial charge in [0.1, 0.15) is 5.82 Å². The van der Waals surface area contributed by atoms with Crippen LogP contribution in [0.1, 0.15) is 31.7 Å². The first kappa shape index (κ1) is 10.0. The first-order valence-electron chi connectivity index (χ1n) is 5.39. The maximum Gasteiger partial charge on any atom is 0.320 e. The van der Waals surface area contributed by atoms with Crippen LogP contribution in [0.3, 0.4) is 0 Å². The molecule has 3 N–H and O–H groups in total. The maximum atomic E-state index is 11.5. The van der Waals surface area contributed by atoms with E-state index >= 15 is 0 Å². The van der Waals surface area contributed by atoms with E-state index in [1.807, 2.05) is 6.92 Å². The molecular weight excluding hydrogens is 192 g/mol. The number of hydrogen-bond acceptors (Lipinski definition) is 2. The van der Waals surface area contributed by atoms with Gasteiger partial charge in [-0.05, 0) is 25.7 Å². The van der Waals surface area contributed by atoms with E-state index in [0.717, 1.165) is 24.8 Å². The van der Waals surface area contributed by atoms with Gasteiger partial charge >= 0.3 is 6.03 Å². The number of rotatable bonds is 3. The molecule has 1 aliphatic rings. The zero-order chi connectivity index (χ0) is 10.7. The van der Waals surface area contributed by atoms with Gasteiger partial charge in [-0.25, -0.2) is 4.79 Å². The number of H-pyrrole nitrogens is 1. The molecule has 1 heterocycles. The van der Waals surface area contributed by atoms with Crippen LogP contribution in [0, 0.1) is 0 Å². The molecule has 0 spiro atoms. The molecule has 0 unspecified atom stereocenters. The Bertz CT molecular complexity index is 343. The zero-order valence-corrected chi connectivity index (χ0v) is 8.84. The van der Waals surface area contributed by atoms with Crippen molar-refractivity contribution in [3.8, 4) is 0 Å². The van der Waals surface area contributed by atoms with Gasteiger partial charge < -0.3 is 5.32 Å². The first-order valence-corrected chi connectivity index (χ1v) is 5.39. The highest BCUT2D eigenvalue weighted by Gasteiger charge is 2.19. The lowest BCUT2D eigenvalue weighted by Crippen LogP contribution is -2.42. The molecule has 15 heavy (non-hydrogen) atoms. The number of hydrogen-bond donors (Lipinski definition) is 3. The van der Waals surface area contributed by atoms with Gasteiger partial charge in [-0.15, -0.1) is 0 Å². The summed E-state index contributed by atoms with van der Waals surface area (Å²) in [6.07, 6.45) is 6.00. The number of anilines is 1. The third-order valence-electron chi connectivity index (χ3n) is 2.78. The molecule has 1 fully saturated rings. The lowest BCUT2D eigenvalue weighted by Gasteiger charge is -2.26. The van der Waals surface area contributed by atoms with E-state index in [1.165, 1.54) is 6.42 Å². The van der Waals surface area contributed by atoms with Crippen molar-refractivity contribution in [2.24, 2.45) is 0 Å². The van der Waals surface area contributed by atoms with E-state index in [1.54, 1.807) is 6.20 Å². The summed E-state index contributed by atoms with van der Waals surface area (Å²) in [6.45, 7) is 2.03. The van der Waals surface area contributed by atoms with E-state index < -0.39 is 0 Å². The van der Waals surface area contributed by atoms with Crippen molar-refractivity contribution in [3.63, 3.8) is 0 Å². The van der Waals surface area contributed by atoms with Crippen LogP contribution in [0.4, 0.5) is 10.6 Å². The summed E-state index contributed by atoms with van der Waals surface area (Å²) in [5.74, 6) is 0.703. The third kappa shape index (κ3) is 2.29. The molecule has 5 heteroatoms. The quantitative estimate of drug-likeness (QED) is 0.706. The fourth-order valence-electron chi connectivity index (χ4n) is 1.57. The lowest BCUT2D eigenvalue weighted by molar-refractivity contribution is 0.240. The highest BCUT2D eigenvalue weighted by atomic mass is 16.2. The Balaban J connectivity index is 1.87. The van der Waals surface area contributed by atoms with E-state index in [4.69, 9.17) is 0 Å². The van der Waals surface area contributed by atoms with Gasteiger partial charge in [0.05, 0.1) is 6.20 Å². The predicted octanol–water partition coefficient (Wildman–Crippen LogP) is 1.65. The Kier molecular flexibility index (Phi) is 2.89. The van der Waals surface area contributed by atoms with Crippen LogP contribution in [-0.2, 0) is 6.42 Å². The molecule has 2 amide bonds. The number of amides is 2. The van der Waals surface area contributed by atoms with Crippen molar-refractivity contribution in [1.82, 2.24) is 15.5 Å². The van der Waals surface area contributed by atoms with Crippen molar-refractivity contribution < 1.29 is 4.79 Å². The number of aryl methyl sites for hydroxylation is 1. The van der Waals surface area contributed by atoms with Crippen LogP contribution in [0.15, 0.2) is 6.20 Å². The van der Waals surface area contributed by atoms with Gasteiger partial charge in [0.15, 0.2) is 0 Å². The van der Waals surface area contributed by atoms with Crippen LogP contribution in [-0.4, -0.2) is 22.3 Å². The molecule has 0 bridgehead atoms. The largest absolute Gasteiger partial charge is 0.335 e. The summed E-state index contributed by atoms with van der Waals surface area (Å²) in [5, 5.41) is 12.3. The summed E-state index contributed by atoms with van der Waals surface area (Å²) in [6, 6.07) is 0.219. The van der Waals surface area contributed by atoms with E-state index in [-0.39, 0.29) is 6.03 Å². The number of aromatic nitrogens is 2. The summed E-state index contributed by atoms with van der Waals surface area (Å²) in [7, 11) is 0. The van der Waals surface area contributed by atoms with Gasteiger partial charge in [0, 0.05) is 11.6 Å². The SMILES string of the molecule is CCc1cn[nH]c1NC(=O)NC1CCC1. The van der Waals surface area contributed by atoms with Crippen LogP contribution in [0.2, 0.25) is 0 Å². The molecule has 0 saturated heterocycles. The maximum absolute atomic E-state index is 11.5. The summed E-state index contributed by atoms with van der Waals surface area (Å²) >= 11 is 0. The molecular formula is C10H16N4O. The smallest absolute Gasteiger partial charge is 0.320 e. The molecule has 5 nitrogen and oxygen atoms in total. The fourth-order valence-corrected chi connectivity index (χ4v) is 1.57. The van der Waals surface area contributed by atoms with E-state index in [2.05, 4.69) is 20.8 Å². The molecule has 0 atom stereocenters. The summed E-state index contributed by atoms with van der Waals surface area (Å²) in [4.78, 5) is 11.5. The molecule has 1 aromatic heterocycles. The number of carbonyl (C=O) groups is 1. The van der Waals surface area contributed by atoms with Crippen molar-refractivity contribution in [3.05, 3.63) is 11.8 Å². The minimum atomic E-state index is -0.140. The summed E-state index contributed by atoms with van der Waals surface area (Å²) in [5.41, 5.74) is 1.03. The number of aromatic amines is 1. The van der Waals surface area contributed by atoms with Crippen LogP contribution in [0.25, 0.3) is 0 Å². The Morgan fingerprint density at radius 3 is 3.07 bits per heavy atom. The molecule has 1 saturated carbocycles. The van der Waals surface area contributed by atoms with Crippen LogP contribution in [0.5, 0.6) is 0 Å². The zero-order valence-electron chi connectivity index (χ0n) is 8.84. The molecule has 1 aromatic rings. The first-order chi connectivity index (χ1) is 7.29. The molecule has 0 aliphatic heterocycles. The average Bonchev–Trinajstić information content (AvgIpc) is 2.59. The van der Waals surface area contributed by atoms with E-state index in [9.17, 15) is 4.79 Å². The normalized spacial score (nSPS) is 15.8. The summed E-state index contributed by atoms with van der Waals surface area (Å²) < 4.78 is 0. The Morgan fingerprint density at radius 2 is 2.47 bits per heavy atom. The fraction of sp³-hybridized carbons (Fsp3) is 0.600. The second kappa shape index (κ2) is 4.33. The molecule has 1 aliphatic carbocycles. The minimum Gasteiger partial charge on any atom is -0.335 e. The second-order valence-corrected chi connectivity index (χ2v) is 3.85. The standard InChI is InChI=1S/C10H16N4O/c1-2-7-6-11-14-9(7)13-10(15)12-8-4-3-5-8/h6,8H,2-5H2,1H3,(H3,11,12,13,14,15). The highest BCUT2D eigenvalue weighted by Crippen LogP contribution is 2.18. The van der Waals surface area contributed by atoms with Crippen LogP contribution < -0.4 is 10.6 Å². The van der Waals surface area contributed by atoms with Gasteiger partial charge in [-0.2, -0.15) is 5.10 Å². The predicted molar refractivity (Wildman–Crippen MR) is 57.8 cm³/mol. The van der Waals surface area contributed by atoms with Gasteiger partial charge in [0.2, 0.25) is 0 Å². The second-order valence-electron chi connectivity index (χ2n) is 3.85. The average molecular weight is 208 g/mol. The number of nitrogens with zero attached hydrogens (tertiary/aromatic N) is 1.